The fourth-order valence-corrected chi connectivity index (χ4v) is 1.65. The van der Waals surface area contributed by atoms with Crippen LogP contribution in [0.15, 0.2) is 16.5 Å². The first kappa shape index (κ1) is 7.88. The number of hydrogen-bond acceptors (Lipinski definition) is 4. The van der Waals surface area contributed by atoms with Gasteiger partial charge in [-0.2, -0.15) is 0 Å². The Labute approximate surface area is 80.8 Å². The van der Waals surface area contributed by atoms with Crippen LogP contribution in [-0.2, 0) is 6.54 Å². The first-order valence-electron chi connectivity index (χ1n) is 4.38. The summed E-state index contributed by atoms with van der Waals surface area (Å²) in [5.74, 6) is 2.30. The second-order valence-electron chi connectivity index (χ2n) is 3.16. The van der Waals surface area contributed by atoms with E-state index in [9.17, 15) is 0 Å². The minimum absolute atomic E-state index is 0.289. The number of fused-ring (bicyclic) bond motifs is 2. The molecule has 0 atom stereocenters. The van der Waals surface area contributed by atoms with E-state index in [0.29, 0.717) is 6.54 Å². The quantitative estimate of drug-likeness (QED) is 0.725. The fraction of sp³-hybridized carbons (Fsp3) is 0.222. The first-order chi connectivity index (χ1) is 6.88. The van der Waals surface area contributed by atoms with Crippen molar-refractivity contribution in [1.82, 2.24) is 0 Å². The van der Waals surface area contributed by atoms with Gasteiger partial charge in [0, 0.05) is 0 Å². The molecule has 0 spiro atoms. The molecule has 0 aliphatic carbocycles. The van der Waals surface area contributed by atoms with Crippen LogP contribution in [0.25, 0.3) is 10.7 Å². The molecular weight excluding hydrogens is 181 g/mol. The second kappa shape index (κ2) is 2.75. The van der Waals surface area contributed by atoms with E-state index in [2.05, 4.69) is 0 Å². The molecule has 0 amide bonds. The molecule has 0 bridgehead atoms. The van der Waals surface area contributed by atoms with Gasteiger partial charge in [0.05, 0.1) is 0 Å². The SMILES string of the molecule is NCc1obc2cc3c(cc12)OCO3. The molecule has 0 saturated heterocycles. The number of ether oxygens (including phenoxy) is 2. The van der Waals surface area contributed by atoms with E-state index in [4.69, 9.17) is 19.5 Å². The van der Waals surface area contributed by atoms with Crippen molar-refractivity contribution < 1.29 is 13.8 Å². The summed E-state index contributed by atoms with van der Waals surface area (Å²) in [4.78, 5) is 0. The predicted molar refractivity (Wildman–Crippen MR) is 51.6 cm³/mol. The van der Waals surface area contributed by atoms with E-state index in [1.807, 2.05) is 12.1 Å². The van der Waals surface area contributed by atoms with Crippen molar-refractivity contribution in [2.45, 2.75) is 6.54 Å². The van der Waals surface area contributed by atoms with Crippen LogP contribution in [0.1, 0.15) is 5.76 Å². The molecule has 0 unspecified atom stereocenters. The summed E-state index contributed by atoms with van der Waals surface area (Å²) in [5, 5.41) is 1.99. The normalized spacial score (nSPS) is 13.5. The summed E-state index contributed by atoms with van der Waals surface area (Å²) in [6.45, 7) is 0.681. The first-order valence-corrected chi connectivity index (χ1v) is 4.38. The van der Waals surface area contributed by atoms with Crippen LogP contribution in [0.5, 0.6) is 11.5 Å². The molecule has 2 aromatic rings. The monoisotopic (exact) mass is 189 g/mol. The maximum atomic E-state index is 5.54. The third-order valence-electron chi connectivity index (χ3n) is 2.36. The summed E-state index contributed by atoms with van der Waals surface area (Å²) < 4.78 is 15.8. The Balaban J connectivity index is 2.30. The Morgan fingerprint density at radius 1 is 1.29 bits per heavy atom. The molecule has 1 aliphatic heterocycles. The molecule has 1 aromatic heterocycles. The number of benzene rings is 1. The summed E-state index contributed by atoms with van der Waals surface area (Å²) in [6, 6.07) is 3.81. The Bertz CT molecular complexity index is 494. The van der Waals surface area contributed by atoms with E-state index in [1.54, 1.807) is 7.13 Å². The third kappa shape index (κ3) is 0.958. The molecule has 2 N–H and O–H groups in total. The standard InChI is InChI=1S/C9H8BNO3/c11-3-9-5-1-7-8(13-4-12-7)2-6(5)10-14-9/h1-2H,3-4,11H2. The van der Waals surface area contributed by atoms with Gasteiger partial charge in [-0.15, -0.1) is 0 Å². The van der Waals surface area contributed by atoms with Crippen LogP contribution in [0, 0.1) is 0 Å². The van der Waals surface area contributed by atoms with Crippen LogP contribution in [0.2, 0.25) is 0 Å². The second-order valence-corrected chi connectivity index (χ2v) is 3.16. The van der Waals surface area contributed by atoms with Gasteiger partial charge < -0.3 is 0 Å². The maximum absolute atomic E-state index is 5.54. The third-order valence-corrected chi connectivity index (χ3v) is 2.36. The Morgan fingerprint density at radius 2 is 2.07 bits per heavy atom. The van der Waals surface area contributed by atoms with Gasteiger partial charge in [-0.3, -0.25) is 0 Å². The zero-order valence-electron chi connectivity index (χ0n) is 7.45. The van der Waals surface area contributed by atoms with Gasteiger partial charge in [0.15, 0.2) is 0 Å². The predicted octanol–water partition coefficient (Wildman–Crippen LogP) is 0.958. The summed E-state index contributed by atoms with van der Waals surface area (Å²) >= 11 is 0. The average molecular weight is 189 g/mol. The molecule has 1 aromatic carbocycles. The molecule has 1 aliphatic rings. The van der Waals surface area contributed by atoms with E-state index in [-0.39, 0.29) is 6.79 Å². The molecule has 0 saturated carbocycles. The van der Waals surface area contributed by atoms with Crippen LogP contribution in [0.3, 0.4) is 0 Å². The molecule has 70 valence electrons. The summed E-state index contributed by atoms with van der Waals surface area (Å²) in [7, 11) is 1.68. The Hall–Kier alpha value is -1.49. The van der Waals surface area contributed by atoms with Crippen molar-refractivity contribution in [1.29, 1.82) is 0 Å². The zero-order valence-corrected chi connectivity index (χ0v) is 7.45. The molecule has 14 heavy (non-hydrogen) atoms. The minimum atomic E-state index is 0.289. The Kier molecular flexibility index (Phi) is 1.55. The molecule has 3 rings (SSSR count). The van der Waals surface area contributed by atoms with Gasteiger partial charge in [0.1, 0.15) is 0 Å². The Morgan fingerprint density at radius 3 is 2.86 bits per heavy atom. The van der Waals surface area contributed by atoms with Crippen molar-refractivity contribution in [2.24, 2.45) is 5.73 Å². The van der Waals surface area contributed by atoms with E-state index >= 15 is 0 Å². The van der Waals surface area contributed by atoms with Gasteiger partial charge in [-0.05, 0) is 0 Å². The molecule has 2 heterocycles. The van der Waals surface area contributed by atoms with E-state index < -0.39 is 0 Å². The summed E-state index contributed by atoms with van der Waals surface area (Å²) in [6.07, 6.45) is 0. The van der Waals surface area contributed by atoms with Gasteiger partial charge in [-0.1, -0.05) is 0 Å². The van der Waals surface area contributed by atoms with Crippen LogP contribution >= 0.6 is 0 Å². The average Bonchev–Trinajstić information content (AvgIpc) is 2.78. The molecule has 4 nitrogen and oxygen atoms in total. The zero-order chi connectivity index (χ0) is 9.54. The summed E-state index contributed by atoms with van der Waals surface area (Å²) in [5.41, 5.74) is 5.54. The van der Waals surface area contributed by atoms with Crippen molar-refractivity contribution in [3.05, 3.63) is 17.9 Å². The molecule has 0 radical (unpaired) electrons. The van der Waals surface area contributed by atoms with Crippen LogP contribution in [-0.4, -0.2) is 13.9 Å². The van der Waals surface area contributed by atoms with Crippen molar-refractivity contribution >= 4 is 17.8 Å². The van der Waals surface area contributed by atoms with Crippen LogP contribution in [0.4, 0.5) is 0 Å². The van der Waals surface area contributed by atoms with Gasteiger partial charge in [-0.25, -0.2) is 0 Å². The van der Waals surface area contributed by atoms with Gasteiger partial charge in [0.25, 0.3) is 0 Å². The molecule has 0 fully saturated rings. The number of rotatable bonds is 1. The van der Waals surface area contributed by atoms with Crippen molar-refractivity contribution in [3.8, 4) is 11.5 Å². The van der Waals surface area contributed by atoms with Crippen molar-refractivity contribution in [3.63, 3.8) is 0 Å². The van der Waals surface area contributed by atoms with Gasteiger partial charge >= 0.3 is 80.1 Å². The fourth-order valence-electron chi connectivity index (χ4n) is 1.65. The molecule has 5 heteroatoms. The van der Waals surface area contributed by atoms with Crippen molar-refractivity contribution in [2.75, 3.05) is 6.79 Å². The van der Waals surface area contributed by atoms with E-state index in [1.165, 1.54) is 0 Å². The molecular formula is C9H8BNO3. The van der Waals surface area contributed by atoms with Gasteiger partial charge in [0.2, 0.25) is 0 Å². The van der Waals surface area contributed by atoms with E-state index in [0.717, 1.165) is 27.9 Å². The number of nitrogens with two attached hydrogens (primary N) is 1. The van der Waals surface area contributed by atoms with Crippen LogP contribution < -0.4 is 15.2 Å². The topological polar surface area (TPSA) is 57.6 Å². The number of hydrogen-bond donors (Lipinski definition) is 1.